The van der Waals surface area contributed by atoms with Crippen molar-refractivity contribution in [2.75, 3.05) is 26.9 Å². The van der Waals surface area contributed by atoms with Crippen molar-refractivity contribution in [3.63, 3.8) is 0 Å². The van der Waals surface area contributed by atoms with Crippen LogP contribution in [0.4, 0.5) is 0 Å². The van der Waals surface area contributed by atoms with Crippen LogP contribution in [0.5, 0.6) is 5.75 Å². The van der Waals surface area contributed by atoms with Gasteiger partial charge in [0.15, 0.2) is 6.29 Å². The van der Waals surface area contributed by atoms with E-state index in [-0.39, 0.29) is 24.9 Å². The molecule has 112 valence electrons. The first-order chi connectivity index (χ1) is 9.58. The molecule has 2 unspecified atom stereocenters. The van der Waals surface area contributed by atoms with E-state index in [2.05, 4.69) is 0 Å². The second-order valence-corrected chi connectivity index (χ2v) is 4.74. The van der Waals surface area contributed by atoms with E-state index in [1.807, 2.05) is 6.92 Å². The zero-order valence-electron chi connectivity index (χ0n) is 11.5. The average Bonchev–Trinajstić information content (AvgIpc) is 2.43. The van der Waals surface area contributed by atoms with E-state index < -0.39 is 6.10 Å². The molecule has 1 N–H and O–H groups in total. The minimum absolute atomic E-state index is 0.0148. The number of carbonyl (C=O) groups excluding carboxylic acids is 1. The lowest BCUT2D eigenvalue weighted by Crippen LogP contribution is -2.27. The van der Waals surface area contributed by atoms with E-state index in [4.69, 9.17) is 25.8 Å². The lowest BCUT2D eigenvalue weighted by Gasteiger charge is -2.17. The first kappa shape index (κ1) is 16.9. The molecule has 2 atom stereocenters. The highest BCUT2D eigenvalue weighted by Gasteiger charge is 2.12. The molecule has 6 heteroatoms. The van der Waals surface area contributed by atoms with Crippen LogP contribution >= 0.6 is 11.6 Å². The number of aliphatic hydroxyl groups excluding tert-OH is 1. The Morgan fingerprint density at radius 2 is 2.10 bits per heavy atom. The van der Waals surface area contributed by atoms with Crippen molar-refractivity contribution in [1.29, 1.82) is 0 Å². The maximum absolute atomic E-state index is 10.9. The van der Waals surface area contributed by atoms with Crippen LogP contribution in [0.2, 0.25) is 5.02 Å². The topological polar surface area (TPSA) is 65.0 Å². The number of hydrogen-bond donors (Lipinski definition) is 1. The largest absolute Gasteiger partial charge is 0.490 e. The molecule has 1 aromatic carbocycles. The molecule has 0 spiro atoms. The molecule has 0 amide bonds. The molecule has 5 nitrogen and oxygen atoms in total. The summed E-state index contributed by atoms with van der Waals surface area (Å²) in [4.78, 5) is 10.9. The lowest BCUT2D eigenvalue weighted by atomic mass is 10.2. The van der Waals surface area contributed by atoms with Crippen molar-refractivity contribution in [3.8, 4) is 5.75 Å². The van der Waals surface area contributed by atoms with Crippen LogP contribution in [0.3, 0.4) is 0 Å². The monoisotopic (exact) mass is 302 g/mol. The third-order valence-corrected chi connectivity index (χ3v) is 2.87. The summed E-state index contributed by atoms with van der Waals surface area (Å²) in [6, 6.07) is 4.90. The number of aliphatic hydroxyl groups is 1. The minimum Gasteiger partial charge on any atom is -0.490 e. The van der Waals surface area contributed by atoms with Gasteiger partial charge in [0.2, 0.25) is 0 Å². The molecule has 0 bridgehead atoms. The first-order valence-electron chi connectivity index (χ1n) is 6.23. The normalized spacial score (nSPS) is 13.8. The Kier molecular flexibility index (Phi) is 7.54. The number of hydrogen-bond acceptors (Lipinski definition) is 5. The zero-order valence-corrected chi connectivity index (χ0v) is 12.3. The van der Waals surface area contributed by atoms with Gasteiger partial charge in [-0.2, -0.15) is 0 Å². The highest BCUT2D eigenvalue weighted by molar-refractivity contribution is 6.33. The van der Waals surface area contributed by atoms with Crippen LogP contribution in [-0.2, 0) is 9.47 Å². The summed E-state index contributed by atoms with van der Waals surface area (Å²) < 4.78 is 15.7. The molecule has 1 rings (SSSR count). The number of methoxy groups -OCH3 is 1. The van der Waals surface area contributed by atoms with Crippen molar-refractivity contribution in [2.24, 2.45) is 0 Å². The number of ether oxygens (including phenoxy) is 3. The van der Waals surface area contributed by atoms with E-state index in [9.17, 15) is 9.90 Å². The Balaban J connectivity index is 2.43. The van der Waals surface area contributed by atoms with Crippen LogP contribution < -0.4 is 4.74 Å². The quantitative estimate of drug-likeness (QED) is 0.706. The third-order valence-electron chi connectivity index (χ3n) is 2.54. The maximum Gasteiger partial charge on any atom is 0.155 e. The van der Waals surface area contributed by atoms with E-state index in [1.54, 1.807) is 25.3 Å². The Labute approximate surface area is 123 Å². The number of benzene rings is 1. The van der Waals surface area contributed by atoms with Crippen molar-refractivity contribution >= 4 is 17.9 Å². The average molecular weight is 303 g/mol. The van der Waals surface area contributed by atoms with Crippen LogP contribution in [0, 0.1) is 0 Å². The van der Waals surface area contributed by atoms with Crippen LogP contribution in [0.25, 0.3) is 0 Å². The summed E-state index contributed by atoms with van der Waals surface area (Å²) in [7, 11) is 1.58. The highest BCUT2D eigenvalue weighted by Crippen LogP contribution is 2.24. The summed E-state index contributed by atoms with van der Waals surface area (Å²) in [6.45, 7) is 2.44. The molecule has 1 aromatic rings. The third kappa shape index (κ3) is 5.46. The second-order valence-electron chi connectivity index (χ2n) is 4.33. The van der Waals surface area contributed by atoms with Crippen molar-refractivity contribution in [2.45, 2.75) is 19.1 Å². The Bertz CT molecular complexity index is 424. The van der Waals surface area contributed by atoms with E-state index >= 15 is 0 Å². The summed E-state index contributed by atoms with van der Waals surface area (Å²) in [5, 5.41) is 10.1. The van der Waals surface area contributed by atoms with Crippen molar-refractivity contribution in [3.05, 3.63) is 28.8 Å². The summed E-state index contributed by atoms with van der Waals surface area (Å²) in [5.41, 5.74) is 0.273. The predicted molar refractivity (Wildman–Crippen MR) is 75.6 cm³/mol. The molecule has 0 fully saturated rings. The molecule has 0 heterocycles. The Morgan fingerprint density at radius 1 is 1.35 bits per heavy atom. The first-order valence-corrected chi connectivity index (χ1v) is 6.61. The molecule has 0 saturated heterocycles. The standard InChI is InChI=1S/C14H19ClO5/c1-10(7-18-2)19-8-11(17)9-20-14-5-3-4-13(15)12(14)6-16/h3-6,10-11,17H,7-9H2,1-2H3. The van der Waals surface area contributed by atoms with E-state index in [1.165, 1.54) is 0 Å². The predicted octanol–water partition coefficient (Wildman–Crippen LogP) is 1.94. The zero-order chi connectivity index (χ0) is 15.0. The van der Waals surface area contributed by atoms with Gasteiger partial charge in [0, 0.05) is 7.11 Å². The van der Waals surface area contributed by atoms with Crippen molar-refractivity contribution in [1.82, 2.24) is 0 Å². The van der Waals surface area contributed by atoms with Crippen LogP contribution in [-0.4, -0.2) is 50.5 Å². The fourth-order valence-corrected chi connectivity index (χ4v) is 1.76. The van der Waals surface area contributed by atoms with Gasteiger partial charge in [-0.3, -0.25) is 4.79 Å². The lowest BCUT2D eigenvalue weighted by molar-refractivity contribution is -0.0423. The highest BCUT2D eigenvalue weighted by atomic mass is 35.5. The van der Waals surface area contributed by atoms with Crippen molar-refractivity contribution < 1.29 is 24.1 Å². The number of halogens is 1. The molecule has 0 radical (unpaired) electrons. The number of aldehydes is 1. The van der Waals surface area contributed by atoms with Crippen LogP contribution in [0.15, 0.2) is 18.2 Å². The fourth-order valence-electron chi connectivity index (χ4n) is 1.55. The van der Waals surface area contributed by atoms with Gasteiger partial charge in [-0.05, 0) is 19.1 Å². The smallest absolute Gasteiger partial charge is 0.155 e. The second kappa shape index (κ2) is 8.92. The summed E-state index contributed by atoms with van der Waals surface area (Å²) in [5.74, 6) is 0.344. The summed E-state index contributed by atoms with van der Waals surface area (Å²) in [6.07, 6.45) is -0.277. The van der Waals surface area contributed by atoms with Gasteiger partial charge in [-0.25, -0.2) is 0 Å². The van der Waals surface area contributed by atoms with Gasteiger partial charge in [-0.15, -0.1) is 0 Å². The molecular weight excluding hydrogens is 284 g/mol. The SMILES string of the molecule is COCC(C)OCC(O)COc1cccc(Cl)c1C=O. The molecule has 0 saturated carbocycles. The van der Waals surface area contributed by atoms with Gasteiger partial charge in [0.1, 0.15) is 18.5 Å². The van der Waals surface area contributed by atoms with Gasteiger partial charge < -0.3 is 19.3 Å². The fraction of sp³-hybridized carbons (Fsp3) is 0.500. The molecule has 0 aliphatic rings. The Morgan fingerprint density at radius 3 is 2.75 bits per heavy atom. The van der Waals surface area contributed by atoms with Gasteiger partial charge >= 0.3 is 0 Å². The maximum atomic E-state index is 10.9. The van der Waals surface area contributed by atoms with Gasteiger partial charge in [-0.1, -0.05) is 17.7 Å². The molecule has 0 aliphatic heterocycles. The molecular formula is C14H19ClO5. The van der Waals surface area contributed by atoms with Gasteiger partial charge in [0.25, 0.3) is 0 Å². The van der Waals surface area contributed by atoms with E-state index in [0.29, 0.717) is 23.7 Å². The Hall–Kier alpha value is -1.14. The minimum atomic E-state index is -0.798. The molecule has 0 aromatic heterocycles. The molecule has 0 aliphatic carbocycles. The molecule has 20 heavy (non-hydrogen) atoms. The van der Waals surface area contributed by atoms with Crippen LogP contribution in [0.1, 0.15) is 17.3 Å². The van der Waals surface area contributed by atoms with E-state index in [0.717, 1.165) is 0 Å². The number of rotatable bonds is 9. The number of carbonyl (C=O) groups is 1. The van der Waals surface area contributed by atoms with Gasteiger partial charge in [0.05, 0.1) is 29.9 Å². The summed E-state index contributed by atoms with van der Waals surface area (Å²) >= 11 is 5.87.